The summed E-state index contributed by atoms with van der Waals surface area (Å²) < 4.78 is 0. The Hall–Kier alpha value is -1.62. The average Bonchev–Trinajstić information content (AvgIpc) is 2.41. The Kier molecular flexibility index (Phi) is 4.60. The van der Waals surface area contributed by atoms with E-state index in [1.54, 1.807) is 6.92 Å². The van der Waals surface area contributed by atoms with Crippen molar-refractivity contribution >= 4 is 11.7 Å². The van der Waals surface area contributed by atoms with E-state index in [1.807, 2.05) is 19.9 Å². The molecule has 1 unspecified atom stereocenters. The molecule has 0 aromatic carbocycles. The van der Waals surface area contributed by atoms with Crippen LogP contribution in [0.1, 0.15) is 47.8 Å². The van der Waals surface area contributed by atoms with Crippen LogP contribution in [-0.4, -0.2) is 30.1 Å². The van der Waals surface area contributed by atoms with Crippen LogP contribution in [0.5, 0.6) is 0 Å². The third-order valence-electron chi connectivity index (χ3n) is 3.71. The third kappa shape index (κ3) is 3.28. The van der Waals surface area contributed by atoms with Crippen LogP contribution in [0.15, 0.2) is 6.07 Å². The lowest BCUT2D eigenvalue weighted by Crippen LogP contribution is -2.40. The second-order valence-electron chi connectivity index (χ2n) is 5.57. The molecular weight excluding hydrogens is 252 g/mol. The summed E-state index contributed by atoms with van der Waals surface area (Å²) in [5, 5.41) is 2.76. The molecule has 20 heavy (non-hydrogen) atoms. The van der Waals surface area contributed by atoms with E-state index in [0.717, 1.165) is 43.0 Å². The first kappa shape index (κ1) is 14.8. The molecule has 1 aromatic rings. The van der Waals surface area contributed by atoms with Crippen molar-refractivity contribution in [1.29, 1.82) is 0 Å². The predicted molar refractivity (Wildman–Crippen MR) is 80.9 cm³/mol. The van der Waals surface area contributed by atoms with Crippen molar-refractivity contribution in [2.75, 3.05) is 18.0 Å². The van der Waals surface area contributed by atoms with Crippen LogP contribution in [-0.2, 0) is 0 Å². The van der Waals surface area contributed by atoms with Crippen molar-refractivity contribution < 1.29 is 4.79 Å². The number of pyridine rings is 1. The number of piperidine rings is 1. The van der Waals surface area contributed by atoms with Gasteiger partial charge in [-0.15, -0.1) is 0 Å². The van der Waals surface area contributed by atoms with Gasteiger partial charge in [-0.25, -0.2) is 4.98 Å². The van der Waals surface area contributed by atoms with Gasteiger partial charge >= 0.3 is 0 Å². The van der Waals surface area contributed by atoms with E-state index in [-0.39, 0.29) is 12.1 Å². The number of rotatable bonds is 3. The number of nitrogens with zero attached hydrogens (tertiary/aromatic N) is 2. The molecule has 2 rings (SSSR count). The highest BCUT2D eigenvalue weighted by molar-refractivity contribution is 5.99. The number of aryl methyl sites for hydroxylation is 2. The quantitative estimate of drug-likeness (QED) is 0.825. The van der Waals surface area contributed by atoms with E-state index in [4.69, 9.17) is 5.73 Å². The molecule has 5 nitrogen and oxygen atoms in total. The summed E-state index contributed by atoms with van der Waals surface area (Å²) in [4.78, 5) is 19.2. The Morgan fingerprint density at radius 1 is 1.35 bits per heavy atom. The molecule has 0 spiro atoms. The SMILES string of the molecule is Cc1cc(C(=O)NC(C)N)c(N2CCCCC2)nc1C. The fourth-order valence-corrected chi connectivity index (χ4v) is 2.49. The minimum absolute atomic E-state index is 0.142. The standard InChI is InChI=1S/C15H24N4O/c1-10-9-13(15(20)18-12(3)16)14(17-11(10)2)19-7-5-4-6-8-19/h9,12H,4-8,16H2,1-3H3,(H,18,20). The van der Waals surface area contributed by atoms with Gasteiger partial charge in [0.1, 0.15) is 5.82 Å². The molecule has 110 valence electrons. The van der Waals surface area contributed by atoms with Gasteiger partial charge in [0.25, 0.3) is 5.91 Å². The highest BCUT2D eigenvalue weighted by Crippen LogP contribution is 2.24. The summed E-state index contributed by atoms with van der Waals surface area (Å²) in [7, 11) is 0. The number of nitrogens with one attached hydrogen (secondary N) is 1. The number of amides is 1. The fraction of sp³-hybridized carbons (Fsp3) is 0.600. The van der Waals surface area contributed by atoms with Crippen molar-refractivity contribution in [3.8, 4) is 0 Å². The van der Waals surface area contributed by atoms with Crippen LogP contribution in [0.4, 0.5) is 5.82 Å². The molecule has 5 heteroatoms. The highest BCUT2D eigenvalue weighted by atomic mass is 16.1. The summed E-state index contributed by atoms with van der Waals surface area (Å²) in [5.74, 6) is 0.655. The van der Waals surface area contributed by atoms with Gasteiger partial charge < -0.3 is 16.0 Å². The topological polar surface area (TPSA) is 71.2 Å². The first-order valence-electron chi connectivity index (χ1n) is 7.28. The Morgan fingerprint density at radius 3 is 2.60 bits per heavy atom. The number of carbonyl (C=O) groups is 1. The van der Waals surface area contributed by atoms with Gasteiger partial charge in [-0.2, -0.15) is 0 Å². The number of carbonyl (C=O) groups excluding carboxylic acids is 1. The second kappa shape index (κ2) is 6.22. The lowest BCUT2D eigenvalue weighted by molar-refractivity contribution is 0.0941. The van der Waals surface area contributed by atoms with Gasteiger partial charge in [0.05, 0.1) is 11.7 Å². The van der Waals surface area contributed by atoms with Gasteiger partial charge in [-0.1, -0.05) is 0 Å². The smallest absolute Gasteiger partial charge is 0.256 e. The molecule has 1 aromatic heterocycles. The summed E-state index contributed by atoms with van der Waals surface area (Å²) in [6.45, 7) is 7.65. The molecule has 1 fully saturated rings. The van der Waals surface area contributed by atoms with E-state index in [0.29, 0.717) is 5.56 Å². The first-order valence-corrected chi connectivity index (χ1v) is 7.28. The zero-order valence-corrected chi connectivity index (χ0v) is 12.6. The van der Waals surface area contributed by atoms with Crippen molar-refractivity contribution in [3.63, 3.8) is 0 Å². The van der Waals surface area contributed by atoms with E-state index < -0.39 is 0 Å². The molecule has 0 aliphatic carbocycles. The van der Waals surface area contributed by atoms with Crippen LogP contribution in [0.3, 0.4) is 0 Å². The molecule has 0 saturated carbocycles. The number of hydrogen-bond acceptors (Lipinski definition) is 4. The maximum absolute atomic E-state index is 12.3. The highest BCUT2D eigenvalue weighted by Gasteiger charge is 2.21. The Balaban J connectivity index is 2.37. The molecular formula is C15H24N4O. The molecule has 1 atom stereocenters. The summed E-state index contributed by atoms with van der Waals surface area (Å²) in [6.07, 6.45) is 3.20. The number of anilines is 1. The minimum atomic E-state index is -0.363. The minimum Gasteiger partial charge on any atom is -0.356 e. The fourth-order valence-electron chi connectivity index (χ4n) is 2.49. The second-order valence-corrected chi connectivity index (χ2v) is 5.57. The van der Waals surface area contributed by atoms with Crippen LogP contribution in [0.2, 0.25) is 0 Å². The largest absolute Gasteiger partial charge is 0.356 e. The zero-order chi connectivity index (χ0) is 14.7. The third-order valence-corrected chi connectivity index (χ3v) is 3.71. The van der Waals surface area contributed by atoms with E-state index >= 15 is 0 Å². The summed E-state index contributed by atoms with van der Waals surface area (Å²) >= 11 is 0. The first-order chi connectivity index (χ1) is 9.49. The van der Waals surface area contributed by atoms with Gasteiger partial charge in [0, 0.05) is 18.8 Å². The van der Waals surface area contributed by atoms with Gasteiger partial charge in [-0.3, -0.25) is 4.79 Å². The Morgan fingerprint density at radius 2 is 2.00 bits per heavy atom. The van der Waals surface area contributed by atoms with Crippen molar-refractivity contribution in [1.82, 2.24) is 10.3 Å². The zero-order valence-electron chi connectivity index (χ0n) is 12.6. The molecule has 2 heterocycles. The van der Waals surface area contributed by atoms with Crippen LogP contribution < -0.4 is 16.0 Å². The number of hydrogen-bond donors (Lipinski definition) is 2. The summed E-state index contributed by atoms with van der Waals surface area (Å²) in [5.41, 5.74) is 8.30. The molecule has 1 amide bonds. The lowest BCUT2D eigenvalue weighted by Gasteiger charge is -2.30. The van der Waals surface area contributed by atoms with Crippen LogP contribution in [0.25, 0.3) is 0 Å². The maximum Gasteiger partial charge on any atom is 0.256 e. The molecule has 3 N–H and O–H groups in total. The predicted octanol–water partition coefficient (Wildman–Crippen LogP) is 1.72. The van der Waals surface area contributed by atoms with Crippen LogP contribution >= 0.6 is 0 Å². The van der Waals surface area contributed by atoms with E-state index in [1.165, 1.54) is 6.42 Å². The average molecular weight is 276 g/mol. The maximum atomic E-state index is 12.3. The monoisotopic (exact) mass is 276 g/mol. The van der Waals surface area contributed by atoms with E-state index in [9.17, 15) is 4.79 Å². The van der Waals surface area contributed by atoms with Gasteiger partial charge in [-0.05, 0) is 51.7 Å². The lowest BCUT2D eigenvalue weighted by atomic mass is 10.1. The Labute approximate surface area is 120 Å². The number of nitrogens with two attached hydrogens (primary N) is 1. The van der Waals surface area contributed by atoms with Crippen molar-refractivity contribution in [3.05, 3.63) is 22.9 Å². The molecule has 0 radical (unpaired) electrons. The Bertz CT molecular complexity index is 493. The number of aromatic nitrogens is 1. The van der Waals surface area contributed by atoms with E-state index in [2.05, 4.69) is 15.2 Å². The normalized spacial score (nSPS) is 16.9. The van der Waals surface area contributed by atoms with Crippen molar-refractivity contribution in [2.24, 2.45) is 5.73 Å². The van der Waals surface area contributed by atoms with Gasteiger partial charge in [0.15, 0.2) is 0 Å². The van der Waals surface area contributed by atoms with Gasteiger partial charge in [0.2, 0.25) is 0 Å². The van der Waals surface area contributed by atoms with Crippen molar-refractivity contribution in [2.45, 2.75) is 46.2 Å². The summed E-state index contributed by atoms with van der Waals surface area (Å²) in [6, 6.07) is 1.92. The molecule has 1 aliphatic rings. The molecule has 0 bridgehead atoms. The molecule has 1 saturated heterocycles. The molecule has 1 aliphatic heterocycles. The van der Waals surface area contributed by atoms with Crippen LogP contribution in [0, 0.1) is 13.8 Å².